The van der Waals surface area contributed by atoms with E-state index in [1.807, 2.05) is 30.3 Å². The predicted molar refractivity (Wildman–Crippen MR) is 145 cm³/mol. The van der Waals surface area contributed by atoms with Gasteiger partial charge >= 0.3 is 5.97 Å². The minimum Gasteiger partial charge on any atom is -0.480 e. The van der Waals surface area contributed by atoms with Crippen molar-refractivity contribution < 1.29 is 29.1 Å². The van der Waals surface area contributed by atoms with Gasteiger partial charge in [0.25, 0.3) is 0 Å². The fraction of sp³-hybridized carbons (Fsp3) is 0.621. The number of carboxylic acids is 1. The van der Waals surface area contributed by atoms with Crippen LogP contribution < -0.4 is 5.73 Å². The first kappa shape index (κ1) is 28.1. The van der Waals surface area contributed by atoms with Gasteiger partial charge in [-0.25, -0.2) is 4.79 Å². The summed E-state index contributed by atoms with van der Waals surface area (Å²) >= 11 is 0. The summed E-state index contributed by atoms with van der Waals surface area (Å²) < 4.78 is 0. The van der Waals surface area contributed by atoms with E-state index >= 15 is 0 Å². The SMILES string of the molecule is N[C@@H](Cc1ccccc1)C(=O)N1CCC[C@H]1C(=O)N1CCC[C@H]1C(=O)N1CCC[C@H]1C(=O)N1CCC[C@H]1C(=O)O. The molecule has 40 heavy (non-hydrogen) atoms. The molecule has 0 radical (unpaired) electrons. The highest BCUT2D eigenvalue weighted by Gasteiger charge is 2.47. The van der Waals surface area contributed by atoms with Gasteiger partial charge in [0, 0.05) is 26.2 Å². The van der Waals surface area contributed by atoms with Gasteiger partial charge in [-0.1, -0.05) is 30.3 Å². The Morgan fingerprint density at radius 1 is 0.675 bits per heavy atom. The third kappa shape index (κ3) is 5.43. The van der Waals surface area contributed by atoms with Crippen molar-refractivity contribution in [3.8, 4) is 0 Å². The van der Waals surface area contributed by atoms with E-state index in [1.54, 1.807) is 14.7 Å². The van der Waals surface area contributed by atoms with Gasteiger partial charge in [-0.3, -0.25) is 19.2 Å². The summed E-state index contributed by atoms with van der Waals surface area (Å²) in [6.07, 6.45) is 4.93. The van der Waals surface area contributed by atoms with E-state index in [1.165, 1.54) is 4.90 Å². The maximum absolute atomic E-state index is 13.8. The lowest BCUT2D eigenvalue weighted by molar-refractivity contribution is -0.154. The second-order valence-corrected chi connectivity index (χ2v) is 11.4. The Labute approximate surface area is 234 Å². The summed E-state index contributed by atoms with van der Waals surface area (Å²) in [5, 5.41) is 9.54. The van der Waals surface area contributed by atoms with Crippen LogP contribution in [0.2, 0.25) is 0 Å². The van der Waals surface area contributed by atoms with Crippen molar-refractivity contribution in [2.45, 2.75) is 88.0 Å². The molecular formula is C29H39N5O6. The molecule has 11 nitrogen and oxygen atoms in total. The van der Waals surface area contributed by atoms with Crippen molar-refractivity contribution in [2.24, 2.45) is 5.73 Å². The van der Waals surface area contributed by atoms with Gasteiger partial charge in [0.1, 0.15) is 24.2 Å². The number of amides is 4. The zero-order valence-electron chi connectivity index (χ0n) is 22.8. The van der Waals surface area contributed by atoms with Crippen LogP contribution in [0.4, 0.5) is 0 Å². The molecule has 0 saturated carbocycles. The molecule has 4 fully saturated rings. The fourth-order valence-electron chi connectivity index (χ4n) is 6.89. The number of hydrogen-bond donors (Lipinski definition) is 2. The number of hydrogen-bond acceptors (Lipinski definition) is 6. The number of nitrogens with two attached hydrogens (primary N) is 1. The van der Waals surface area contributed by atoms with E-state index in [0.717, 1.165) is 5.56 Å². The van der Waals surface area contributed by atoms with Crippen LogP contribution in [-0.4, -0.2) is 111 Å². The largest absolute Gasteiger partial charge is 0.480 e. The summed E-state index contributed by atoms with van der Waals surface area (Å²) in [5.74, 6) is -2.09. The van der Waals surface area contributed by atoms with Crippen LogP contribution in [0, 0.1) is 0 Å². The molecule has 4 amide bonds. The lowest BCUT2D eigenvalue weighted by atomic mass is 10.0. The molecule has 11 heteroatoms. The Balaban J connectivity index is 1.26. The molecule has 5 rings (SSSR count). The summed E-state index contributed by atoms with van der Waals surface area (Å²) in [6.45, 7) is 1.65. The average molecular weight is 554 g/mol. The van der Waals surface area contributed by atoms with Crippen molar-refractivity contribution in [3.05, 3.63) is 35.9 Å². The second-order valence-electron chi connectivity index (χ2n) is 11.4. The van der Waals surface area contributed by atoms with Crippen molar-refractivity contribution >= 4 is 29.6 Å². The summed E-state index contributed by atoms with van der Waals surface area (Å²) in [6, 6.07) is 5.87. The molecule has 1 aromatic carbocycles. The topological polar surface area (TPSA) is 145 Å². The van der Waals surface area contributed by atoms with Gasteiger partial charge < -0.3 is 30.4 Å². The highest BCUT2D eigenvalue weighted by molar-refractivity contribution is 5.96. The highest BCUT2D eigenvalue weighted by atomic mass is 16.4. The minimum atomic E-state index is -1.02. The molecule has 0 aromatic heterocycles. The molecule has 3 N–H and O–H groups in total. The Hall–Kier alpha value is -3.47. The van der Waals surface area contributed by atoms with Gasteiger partial charge in [0.05, 0.1) is 6.04 Å². The average Bonchev–Trinajstić information content (AvgIpc) is 3.77. The lowest BCUT2D eigenvalue weighted by Crippen LogP contribution is -2.57. The van der Waals surface area contributed by atoms with Crippen LogP contribution in [0.15, 0.2) is 30.3 Å². The Morgan fingerprint density at radius 2 is 1.07 bits per heavy atom. The van der Waals surface area contributed by atoms with Gasteiger partial charge in [0.15, 0.2) is 0 Å². The zero-order chi connectivity index (χ0) is 28.4. The molecular weight excluding hydrogens is 514 g/mol. The first-order valence-corrected chi connectivity index (χ1v) is 14.5. The third-order valence-corrected chi connectivity index (χ3v) is 8.90. The van der Waals surface area contributed by atoms with Crippen molar-refractivity contribution in [2.75, 3.05) is 26.2 Å². The maximum Gasteiger partial charge on any atom is 0.326 e. The predicted octanol–water partition coefficient (Wildman–Crippen LogP) is 0.605. The molecule has 216 valence electrons. The van der Waals surface area contributed by atoms with Gasteiger partial charge in [-0.05, 0) is 63.4 Å². The number of carbonyl (C=O) groups excluding carboxylic acids is 4. The summed E-state index contributed by atoms with van der Waals surface area (Å²) in [5.41, 5.74) is 7.23. The van der Waals surface area contributed by atoms with Crippen LogP contribution in [0.3, 0.4) is 0 Å². The molecule has 1 aromatic rings. The van der Waals surface area contributed by atoms with Crippen molar-refractivity contribution in [1.29, 1.82) is 0 Å². The van der Waals surface area contributed by atoms with Crippen LogP contribution in [0.1, 0.15) is 56.9 Å². The molecule has 4 aliphatic rings. The number of benzene rings is 1. The number of likely N-dealkylation sites (tertiary alicyclic amines) is 4. The van der Waals surface area contributed by atoms with Crippen LogP contribution in [-0.2, 0) is 30.4 Å². The van der Waals surface area contributed by atoms with Crippen molar-refractivity contribution in [1.82, 2.24) is 19.6 Å². The maximum atomic E-state index is 13.8. The number of aliphatic carboxylic acids is 1. The van der Waals surface area contributed by atoms with Crippen molar-refractivity contribution in [3.63, 3.8) is 0 Å². The standard InChI is InChI=1S/C29H39N5O6/c30-20(18-19-8-2-1-3-9-19)25(35)31-14-4-10-21(31)26(36)32-15-5-11-22(32)27(37)33-16-6-12-23(33)28(38)34-17-7-13-24(34)29(39)40/h1-3,8-9,20-24H,4-7,10-18,30H2,(H,39,40)/t20-,21-,22-,23-,24-/m0/s1. The number of carboxylic acid groups (broad SMARTS) is 1. The Bertz CT molecular complexity index is 1140. The molecule has 4 aliphatic heterocycles. The summed E-state index contributed by atoms with van der Waals surface area (Å²) in [7, 11) is 0. The van der Waals surface area contributed by atoms with E-state index in [2.05, 4.69) is 0 Å². The van der Waals surface area contributed by atoms with E-state index in [0.29, 0.717) is 84.0 Å². The third-order valence-electron chi connectivity index (χ3n) is 8.90. The van der Waals surface area contributed by atoms with E-state index in [9.17, 15) is 29.1 Å². The lowest BCUT2D eigenvalue weighted by Gasteiger charge is -2.35. The first-order chi connectivity index (χ1) is 19.3. The number of carbonyl (C=O) groups is 5. The van der Waals surface area contributed by atoms with Gasteiger partial charge in [0.2, 0.25) is 23.6 Å². The Morgan fingerprint density at radius 3 is 1.55 bits per heavy atom. The molecule has 0 unspecified atom stereocenters. The van der Waals surface area contributed by atoms with Crippen LogP contribution >= 0.6 is 0 Å². The van der Waals surface area contributed by atoms with Crippen LogP contribution in [0.5, 0.6) is 0 Å². The monoisotopic (exact) mass is 553 g/mol. The molecule has 4 heterocycles. The normalized spacial score (nSPS) is 27.3. The second kappa shape index (κ2) is 12.0. The fourth-order valence-corrected chi connectivity index (χ4v) is 6.89. The number of rotatable bonds is 7. The van der Waals surface area contributed by atoms with E-state index < -0.39 is 36.2 Å². The molecule has 0 aliphatic carbocycles. The van der Waals surface area contributed by atoms with E-state index in [4.69, 9.17) is 5.73 Å². The van der Waals surface area contributed by atoms with Gasteiger partial charge in [-0.15, -0.1) is 0 Å². The smallest absolute Gasteiger partial charge is 0.326 e. The molecule has 0 spiro atoms. The van der Waals surface area contributed by atoms with E-state index in [-0.39, 0.29) is 23.6 Å². The quantitative estimate of drug-likeness (QED) is 0.503. The Kier molecular flexibility index (Phi) is 8.39. The molecule has 4 saturated heterocycles. The zero-order valence-corrected chi connectivity index (χ0v) is 22.8. The van der Waals surface area contributed by atoms with Crippen LogP contribution in [0.25, 0.3) is 0 Å². The molecule has 0 bridgehead atoms. The number of nitrogens with zero attached hydrogens (tertiary/aromatic N) is 4. The highest BCUT2D eigenvalue weighted by Crippen LogP contribution is 2.30. The minimum absolute atomic E-state index is 0.235. The summed E-state index contributed by atoms with van der Waals surface area (Å²) in [4.78, 5) is 72.0. The first-order valence-electron chi connectivity index (χ1n) is 14.5. The van der Waals surface area contributed by atoms with Gasteiger partial charge in [-0.2, -0.15) is 0 Å². The molecule has 5 atom stereocenters.